The van der Waals surface area contributed by atoms with Gasteiger partial charge in [-0.3, -0.25) is 0 Å². The number of nitrogens with zero attached hydrogens (tertiary/aromatic N) is 1. The lowest BCUT2D eigenvalue weighted by Crippen LogP contribution is -2.26. The molecule has 3 rings (SSSR count). The number of likely N-dealkylation sites (N-methyl/N-ethyl adjacent to an activating group) is 1. The van der Waals surface area contributed by atoms with Gasteiger partial charge >= 0.3 is 0 Å². The van der Waals surface area contributed by atoms with Crippen molar-refractivity contribution in [2.24, 2.45) is 5.92 Å². The van der Waals surface area contributed by atoms with Gasteiger partial charge in [0.05, 0.1) is 10.0 Å². The zero-order chi connectivity index (χ0) is 11.3. The minimum Gasteiger partial charge on any atom is -0.302 e. The Morgan fingerprint density at radius 2 is 2.19 bits per heavy atom. The van der Waals surface area contributed by atoms with E-state index in [4.69, 9.17) is 23.2 Å². The van der Waals surface area contributed by atoms with E-state index in [0.29, 0.717) is 15.5 Å². The molecule has 0 aromatic heterocycles. The number of benzene rings is 1. The third kappa shape index (κ3) is 1.49. The molecule has 0 amide bonds. The molecule has 1 saturated heterocycles. The Morgan fingerprint density at radius 3 is 2.81 bits per heavy atom. The molecule has 0 N–H and O–H groups in total. The summed E-state index contributed by atoms with van der Waals surface area (Å²) in [6.07, 6.45) is 1.32. The van der Waals surface area contributed by atoms with Crippen LogP contribution in [0.2, 0.25) is 10.0 Å². The SMILES string of the molecule is CCN1CC2C[C@]2(c2ccc(Cl)c(Cl)c2)C1. The summed E-state index contributed by atoms with van der Waals surface area (Å²) in [5, 5.41) is 1.35. The van der Waals surface area contributed by atoms with E-state index in [1.165, 1.54) is 25.1 Å². The van der Waals surface area contributed by atoms with Crippen molar-refractivity contribution in [2.75, 3.05) is 19.6 Å². The Morgan fingerprint density at radius 1 is 1.38 bits per heavy atom. The minimum atomic E-state index is 0.393. The molecule has 0 spiro atoms. The summed E-state index contributed by atoms with van der Waals surface area (Å²) in [5.74, 6) is 0.838. The molecule has 2 atom stereocenters. The summed E-state index contributed by atoms with van der Waals surface area (Å²) in [7, 11) is 0. The fraction of sp³-hybridized carbons (Fsp3) is 0.538. The monoisotopic (exact) mass is 255 g/mol. The first kappa shape index (κ1) is 10.9. The van der Waals surface area contributed by atoms with Crippen LogP contribution < -0.4 is 0 Å². The van der Waals surface area contributed by atoms with Gasteiger partial charge in [0.1, 0.15) is 0 Å². The Bertz CT molecular complexity index is 432. The molecule has 1 aliphatic heterocycles. The van der Waals surface area contributed by atoms with Crippen molar-refractivity contribution in [1.82, 2.24) is 4.90 Å². The van der Waals surface area contributed by atoms with E-state index in [-0.39, 0.29) is 0 Å². The number of hydrogen-bond acceptors (Lipinski definition) is 1. The van der Waals surface area contributed by atoms with Crippen LogP contribution >= 0.6 is 23.2 Å². The van der Waals surface area contributed by atoms with Crippen molar-refractivity contribution >= 4 is 23.2 Å². The molecule has 0 radical (unpaired) electrons. The van der Waals surface area contributed by atoms with Crippen LogP contribution in [0.5, 0.6) is 0 Å². The molecule has 1 unspecified atom stereocenters. The van der Waals surface area contributed by atoms with Gasteiger partial charge in [-0.1, -0.05) is 36.2 Å². The van der Waals surface area contributed by atoms with Crippen LogP contribution in [0.4, 0.5) is 0 Å². The van der Waals surface area contributed by atoms with E-state index in [1.54, 1.807) is 0 Å². The zero-order valence-electron chi connectivity index (χ0n) is 9.34. The first-order chi connectivity index (χ1) is 7.65. The van der Waals surface area contributed by atoms with Gasteiger partial charge in [0, 0.05) is 18.5 Å². The van der Waals surface area contributed by atoms with Crippen LogP contribution in [-0.2, 0) is 5.41 Å². The van der Waals surface area contributed by atoms with Gasteiger partial charge in [0.15, 0.2) is 0 Å². The first-order valence-corrected chi connectivity index (χ1v) is 6.59. The van der Waals surface area contributed by atoms with Gasteiger partial charge in [-0.05, 0) is 36.6 Å². The van der Waals surface area contributed by atoms with E-state index in [0.717, 1.165) is 12.5 Å². The van der Waals surface area contributed by atoms with E-state index in [1.807, 2.05) is 6.07 Å². The summed E-state index contributed by atoms with van der Waals surface area (Å²) in [5.41, 5.74) is 1.77. The maximum atomic E-state index is 6.10. The smallest absolute Gasteiger partial charge is 0.0595 e. The molecule has 2 fully saturated rings. The highest BCUT2D eigenvalue weighted by molar-refractivity contribution is 6.42. The lowest BCUT2D eigenvalue weighted by atomic mass is 9.95. The van der Waals surface area contributed by atoms with Crippen LogP contribution in [0.25, 0.3) is 0 Å². The molecule has 1 aliphatic carbocycles. The summed E-state index contributed by atoms with van der Waals surface area (Å²) in [4.78, 5) is 2.52. The molecule has 86 valence electrons. The number of piperidine rings is 1. The van der Waals surface area contributed by atoms with Gasteiger partial charge in [0.2, 0.25) is 0 Å². The van der Waals surface area contributed by atoms with Gasteiger partial charge in [-0.2, -0.15) is 0 Å². The Hall–Kier alpha value is -0.240. The maximum Gasteiger partial charge on any atom is 0.0595 e. The number of hydrogen-bond donors (Lipinski definition) is 0. The lowest BCUT2D eigenvalue weighted by Gasteiger charge is -2.19. The summed E-state index contributed by atoms with van der Waals surface area (Å²) in [6, 6.07) is 6.13. The van der Waals surface area contributed by atoms with E-state index < -0.39 is 0 Å². The van der Waals surface area contributed by atoms with Crippen molar-refractivity contribution < 1.29 is 0 Å². The summed E-state index contributed by atoms with van der Waals surface area (Å²) in [6.45, 7) is 5.82. The highest BCUT2D eigenvalue weighted by Gasteiger charge is 2.60. The normalized spacial score (nSPS) is 32.8. The van der Waals surface area contributed by atoms with Crippen molar-refractivity contribution in [1.29, 1.82) is 0 Å². The number of rotatable bonds is 2. The van der Waals surface area contributed by atoms with Gasteiger partial charge in [-0.15, -0.1) is 0 Å². The zero-order valence-corrected chi connectivity index (χ0v) is 10.9. The quantitative estimate of drug-likeness (QED) is 0.781. The topological polar surface area (TPSA) is 3.24 Å². The highest BCUT2D eigenvalue weighted by atomic mass is 35.5. The van der Waals surface area contributed by atoms with Crippen molar-refractivity contribution in [3.05, 3.63) is 33.8 Å². The van der Waals surface area contributed by atoms with Gasteiger partial charge in [-0.25, -0.2) is 0 Å². The maximum absolute atomic E-state index is 6.10. The van der Waals surface area contributed by atoms with E-state index >= 15 is 0 Å². The highest BCUT2D eigenvalue weighted by Crippen LogP contribution is 2.59. The van der Waals surface area contributed by atoms with Crippen LogP contribution in [-0.4, -0.2) is 24.5 Å². The van der Waals surface area contributed by atoms with Crippen LogP contribution in [0.3, 0.4) is 0 Å². The second kappa shape index (κ2) is 3.63. The minimum absolute atomic E-state index is 0.393. The van der Waals surface area contributed by atoms with Gasteiger partial charge < -0.3 is 4.90 Å². The molecule has 0 bridgehead atoms. The molecular formula is C13H15Cl2N. The van der Waals surface area contributed by atoms with Crippen molar-refractivity contribution in [3.63, 3.8) is 0 Å². The predicted molar refractivity (Wildman–Crippen MR) is 68.4 cm³/mol. The molecule has 1 heterocycles. The van der Waals surface area contributed by atoms with E-state index in [9.17, 15) is 0 Å². The first-order valence-electron chi connectivity index (χ1n) is 5.83. The van der Waals surface area contributed by atoms with Gasteiger partial charge in [0.25, 0.3) is 0 Å². The Balaban J connectivity index is 1.91. The Kier molecular flexibility index (Phi) is 2.47. The number of halogens is 2. The second-order valence-electron chi connectivity index (χ2n) is 5.01. The molecular weight excluding hydrogens is 241 g/mol. The third-order valence-corrected chi connectivity index (χ3v) is 4.90. The molecule has 2 aliphatic rings. The third-order valence-electron chi connectivity index (χ3n) is 4.16. The average molecular weight is 256 g/mol. The summed E-state index contributed by atoms with van der Waals surface area (Å²) >= 11 is 12.1. The fourth-order valence-electron chi connectivity index (χ4n) is 3.08. The van der Waals surface area contributed by atoms with Crippen molar-refractivity contribution in [3.8, 4) is 0 Å². The number of fused-ring (bicyclic) bond motifs is 1. The van der Waals surface area contributed by atoms with Crippen LogP contribution in [0, 0.1) is 5.92 Å². The molecule has 1 saturated carbocycles. The summed E-state index contributed by atoms with van der Waals surface area (Å²) < 4.78 is 0. The van der Waals surface area contributed by atoms with Crippen LogP contribution in [0.1, 0.15) is 18.9 Å². The second-order valence-corrected chi connectivity index (χ2v) is 5.83. The molecule has 1 nitrogen and oxygen atoms in total. The lowest BCUT2D eigenvalue weighted by molar-refractivity contribution is 0.314. The molecule has 16 heavy (non-hydrogen) atoms. The predicted octanol–water partition coefficient (Wildman–Crippen LogP) is 3.59. The standard InChI is InChI=1S/C13H15Cl2N/c1-2-16-7-10-6-13(10,8-16)9-3-4-11(14)12(15)5-9/h3-5,10H,2,6-8H2,1H3/t10?,13-/m1/s1. The molecule has 1 aromatic carbocycles. The Labute approximate surface area is 106 Å². The van der Waals surface area contributed by atoms with Crippen LogP contribution in [0.15, 0.2) is 18.2 Å². The molecule has 3 heteroatoms. The van der Waals surface area contributed by atoms with E-state index in [2.05, 4.69) is 24.0 Å². The van der Waals surface area contributed by atoms with Crippen molar-refractivity contribution in [2.45, 2.75) is 18.8 Å². The number of likely N-dealkylation sites (tertiary alicyclic amines) is 1. The molecule has 1 aromatic rings. The fourth-order valence-corrected chi connectivity index (χ4v) is 3.38. The average Bonchev–Trinajstić information content (AvgIpc) is 2.86. The largest absolute Gasteiger partial charge is 0.302 e.